The number of rotatable bonds is 3. The Morgan fingerprint density at radius 3 is 2.78 bits per heavy atom. The predicted octanol–water partition coefficient (Wildman–Crippen LogP) is 1.34. The molecule has 0 aromatic heterocycles. The number of hydrogen-bond donors (Lipinski definition) is 1. The van der Waals surface area contributed by atoms with Crippen LogP contribution >= 0.6 is 0 Å². The Labute approximate surface area is 135 Å². The van der Waals surface area contributed by atoms with Crippen molar-refractivity contribution in [1.82, 2.24) is 4.90 Å². The first-order valence-corrected chi connectivity index (χ1v) is 8.43. The molecule has 1 saturated heterocycles. The number of anilines is 1. The molecule has 1 spiro atoms. The Morgan fingerprint density at radius 2 is 2.04 bits per heavy atom. The largest absolute Gasteiger partial charge is 0.391 e. The van der Waals surface area contributed by atoms with Gasteiger partial charge in [-0.3, -0.25) is 9.59 Å². The van der Waals surface area contributed by atoms with E-state index in [9.17, 15) is 14.7 Å². The summed E-state index contributed by atoms with van der Waals surface area (Å²) in [6.45, 7) is 1.55. The number of aryl methyl sites for hydroxylation is 1. The van der Waals surface area contributed by atoms with Crippen LogP contribution in [0.4, 0.5) is 5.69 Å². The van der Waals surface area contributed by atoms with Crippen LogP contribution < -0.4 is 4.90 Å². The zero-order valence-corrected chi connectivity index (χ0v) is 13.2. The molecular weight excluding hydrogens is 292 g/mol. The lowest BCUT2D eigenvalue weighted by atomic mass is 10.0. The standard InChI is InChI=1S/C18H22N2O3/c21-15-11-19(12-18(15)8-9-18)16(22)7-10-20-14-4-2-1-3-13(14)5-6-17(20)23/h1-4,15,21H,5-12H2. The number of likely N-dealkylation sites (tertiary alicyclic amines) is 1. The summed E-state index contributed by atoms with van der Waals surface area (Å²) in [5.74, 6) is 0.139. The van der Waals surface area contributed by atoms with E-state index in [0.29, 0.717) is 32.5 Å². The van der Waals surface area contributed by atoms with E-state index in [1.54, 1.807) is 9.80 Å². The number of amides is 2. The van der Waals surface area contributed by atoms with Gasteiger partial charge in [-0.05, 0) is 30.9 Å². The number of hydrogen-bond acceptors (Lipinski definition) is 3. The predicted molar refractivity (Wildman–Crippen MR) is 86.0 cm³/mol. The second-order valence-electron chi connectivity index (χ2n) is 7.08. The lowest BCUT2D eigenvalue weighted by Gasteiger charge is -2.29. The molecule has 1 unspecified atom stereocenters. The third-order valence-electron chi connectivity index (χ3n) is 5.59. The quantitative estimate of drug-likeness (QED) is 0.916. The van der Waals surface area contributed by atoms with Crippen molar-refractivity contribution in [2.24, 2.45) is 5.41 Å². The third kappa shape index (κ3) is 2.53. The number of carbonyl (C=O) groups excluding carboxylic acids is 2. The molecule has 2 amide bonds. The number of nitrogens with zero attached hydrogens (tertiary/aromatic N) is 2. The van der Waals surface area contributed by atoms with Crippen LogP contribution in [-0.4, -0.2) is 47.6 Å². The van der Waals surface area contributed by atoms with Crippen LogP contribution in [0.15, 0.2) is 24.3 Å². The highest BCUT2D eigenvalue weighted by Crippen LogP contribution is 2.52. The molecule has 2 heterocycles. The first kappa shape index (κ1) is 14.7. The van der Waals surface area contributed by atoms with Crippen molar-refractivity contribution in [1.29, 1.82) is 0 Å². The van der Waals surface area contributed by atoms with Crippen molar-refractivity contribution >= 4 is 17.5 Å². The molecule has 5 nitrogen and oxygen atoms in total. The van der Waals surface area contributed by atoms with Gasteiger partial charge < -0.3 is 14.9 Å². The van der Waals surface area contributed by atoms with Crippen LogP contribution in [0.3, 0.4) is 0 Å². The van der Waals surface area contributed by atoms with Gasteiger partial charge in [0.15, 0.2) is 0 Å². The molecular formula is C18H22N2O3. The zero-order chi connectivity index (χ0) is 16.0. The van der Waals surface area contributed by atoms with E-state index >= 15 is 0 Å². The van der Waals surface area contributed by atoms with Gasteiger partial charge in [-0.25, -0.2) is 0 Å². The van der Waals surface area contributed by atoms with Gasteiger partial charge in [0.25, 0.3) is 0 Å². The summed E-state index contributed by atoms with van der Waals surface area (Å²) in [6.07, 6.45) is 3.29. The van der Waals surface area contributed by atoms with Gasteiger partial charge in [0.2, 0.25) is 11.8 Å². The third-order valence-corrected chi connectivity index (χ3v) is 5.59. The first-order chi connectivity index (χ1) is 11.1. The fraction of sp³-hybridized carbons (Fsp3) is 0.556. The number of aliphatic hydroxyl groups is 1. The van der Waals surface area contributed by atoms with E-state index in [1.165, 1.54) is 5.56 Å². The van der Waals surface area contributed by atoms with Crippen molar-refractivity contribution < 1.29 is 14.7 Å². The van der Waals surface area contributed by atoms with Gasteiger partial charge in [-0.15, -0.1) is 0 Å². The summed E-state index contributed by atoms with van der Waals surface area (Å²) in [6, 6.07) is 7.92. The molecule has 1 aliphatic carbocycles. The van der Waals surface area contributed by atoms with Crippen LogP contribution in [0.5, 0.6) is 0 Å². The van der Waals surface area contributed by atoms with Crippen molar-refractivity contribution in [2.75, 3.05) is 24.5 Å². The number of benzene rings is 1. The van der Waals surface area contributed by atoms with Crippen LogP contribution in [0, 0.1) is 5.41 Å². The van der Waals surface area contributed by atoms with Crippen LogP contribution in [0.25, 0.3) is 0 Å². The lowest BCUT2D eigenvalue weighted by molar-refractivity contribution is -0.130. The van der Waals surface area contributed by atoms with Crippen molar-refractivity contribution in [3.8, 4) is 0 Å². The van der Waals surface area contributed by atoms with Gasteiger partial charge in [0.05, 0.1) is 6.10 Å². The van der Waals surface area contributed by atoms with Crippen LogP contribution in [-0.2, 0) is 16.0 Å². The number of para-hydroxylation sites is 1. The minimum Gasteiger partial charge on any atom is -0.391 e. The Morgan fingerprint density at radius 1 is 1.26 bits per heavy atom. The van der Waals surface area contributed by atoms with E-state index in [1.807, 2.05) is 24.3 Å². The second kappa shape index (κ2) is 5.34. The van der Waals surface area contributed by atoms with Gasteiger partial charge in [0.1, 0.15) is 0 Å². The second-order valence-corrected chi connectivity index (χ2v) is 7.08. The molecule has 4 rings (SSSR count). The highest BCUT2D eigenvalue weighted by Gasteiger charge is 2.55. The minimum atomic E-state index is -0.371. The molecule has 1 aromatic rings. The molecule has 23 heavy (non-hydrogen) atoms. The molecule has 2 aliphatic heterocycles. The number of β-amino-alcohol motifs (C(OH)–C–C–N with tert-alkyl or cyclic N) is 1. The molecule has 1 saturated carbocycles. The molecule has 122 valence electrons. The normalized spacial score (nSPS) is 24.9. The fourth-order valence-corrected chi connectivity index (χ4v) is 3.90. The molecule has 1 atom stereocenters. The van der Waals surface area contributed by atoms with Crippen molar-refractivity contribution in [3.05, 3.63) is 29.8 Å². The first-order valence-electron chi connectivity index (χ1n) is 8.43. The van der Waals surface area contributed by atoms with E-state index in [0.717, 1.165) is 24.9 Å². The van der Waals surface area contributed by atoms with E-state index in [-0.39, 0.29) is 23.3 Å². The number of carbonyl (C=O) groups is 2. The summed E-state index contributed by atoms with van der Waals surface area (Å²) < 4.78 is 0. The number of fused-ring (bicyclic) bond motifs is 1. The zero-order valence-electron chi connectivity index (χ0n) is 13.2. The molecule has 3 aliphatic rings. The minimum absolute atomic E-state index is 0.0107. The Bertz CT molecular complexity index is 653. The summed E-state index contributed by atoms with van der Waals surface area (Å²) >= 11 is 0. The Balaban J connectivity index is 1.41. The maximum absolute atomic E-state index is 12.4. The van der Waals surface area contributed by atoms with E-state index < -0.39 is 0 Å². The molecule has 2 fully saturated rings. The highest BCUT2D eigenvalue weighted by atomic mass is 16.3. The molecule has 5 heteroatoms. The number of aliphatic hydroxyl groups excluding tert-OH is 1. The molecule has 0 radical (unpaired) electrons. The molecule has 0 bridgehead atoms. The van der Waals surface area contributed by atoms with Gasteiger partial charge >= 0.3 is 0 Å². The average Bonchev–Trinajstić information content (AvgIpc) is 3.26. The van der Waals surface area contributed by atoms with Gasteiger partial charge in [0, 0.05) is 43.6 Å². The van der Waals surface area contributed by atoms with Gasteiger partial charge in [-0.2, -0.15) is 0 Å². The molecule has 1 aromatic carbocycles. The smallest absolute Gasteiger partial charge is 0.227 e. The SMILES string of the molecule is O=C(CCN1C(=O)CCc2ccccc21)N1CC(O)C2(CC2)C1. The van der Waals surface area contributed by atoms with Gasteiger partial charge in [-0.1, -0.05) is 18.2 Å². The monoisotopic (exact) mass is 314 g/mol. The summed E-state index contributed by atoms with van der Waals surface area (Å²) in [7, 11) is 0. The highest BCUT2D eigenvalue weighted by molar-refractivity contribution is 5.97. The van der Waals surface area contributed by atoms with E-state index in [4.69, 9.17) is 0 Å². The summed E-state index contributed by atoms with van der Waals surface area (Å²) in [5, 5.41) is 10.1. The van der Waals surface area contributed by atoms with Crippen molar-refractivity contribution in [3.63, 3.8) is 0 Å². The average molecular weight is 314 g/mol. The molecule has 1 N–H and O–H groups in total. The van der Waals surface area contributed by atoms with Crippen LogP contribution in [0.1, 0.15) is 31.2 Å². The van der Waals surface area contributed by atoms with Crippen LogP contribution in [0.2, 0.25) is 0 Å². The Hall–Kier alpha value is -1.88. The fourth-order valence-electron chi connectivity index (χ4n) is 3.90. The maximum Gasteiger partial charge on any atom is 0.227 e. The lowest BCUT2D eigenvalue weighted by Crippen LogP contribution is -2.39. The maximum atomic E-state index is 12.4. The van der Waals surface area contributed by atoms with E-state index in [2.05, 4.69) is 0 Å². The van der Waals surface area contributed by atoms with Crippen molar-refractivity contribution in [2.45, 2.75) is 38.2 Å². The summed E-state index contributed by atoms with van der Waals surface area (Å²) in [4.78, 5) is 28.2. The topological polar surface area (TPSA) is 60.9 Å². The summed E-state index contributed by atoms with van der Waals surface area (Å²) in [5.41, 5.74) is 2.10. The Kier molecular flexibility index (Phi) is 3.41.